The van der Waals surface area contributed by atoms with Gasteiger partial charge in [-0.15, -0.1) is 12.4 Å². The van der Waals surface area contributed by atoms with E-state index in [2.05, 4.69) is 36.4 Å². The largest absolute Gasteiger partial charge is 0.497 e. The van der Waals surface area contributed by atoms with Crippen LogP contribution < -0.4 is 4.74 Å². The number of fused-ring (bicyclic) bond motifs is 1. The number of aryl methyl sites for hydroxylation is 1. The zero-order valence-corrected chi connectivity index (χ0v) is 16.9. The standard InChI is InChI=1S/C22H27NO3.ClH/c1-15(22(24)25)23(2)14-18-10-9-17-13-19(26-3)11-12-20(17)21(18)16-7-5-4-6-8-16;/h4-8,11-13,15,18,21H,9-10,14H2,1-3H3,(H,24,25);1H. The Morgan fingerprint density at radius 2 is 1.96 bits per heavy atom. The summed E-state index contributed by atoms with van der Waals surface area (Å²) in [5.41, 5.74) is 3.97. The molecule has 3 unspecified atom stereocenters. The first kappa shape index (κ1) is 21.3. The average Bonchev–Trinajstić information content (AvgIpc) is 2.67. The molecule has 2 aromatic rings. The van der Waals surface area contributed by atoms with Gasteiger partial charge in [0, 0.05) is 12.5 Å². The van der Waals surface area contributed by atoms with E-state index in [9.17, 15) is 9.90 Å². The molecule has 0 amide bonds. The van der Waals surface area contributed by atoms with Crippen LogP contribution in [-0.4, -0.2) is 42.7 Å². The number of carbonyl (C=O) groups is 1. The maximum Gasteiger partial charge on any atom is 0.320 e. The summed E-state index contributed by atoms with van der Waals surface area (Å²) in [5.74, 6) is 0.773. The number of methoxy groups -OCH3 is 1. The third-order valence-electron chi connectivity index (χ3n) is 5.64. The lowest BCUT2D eigenvalue weighted by atomic mass is 9.71. The molecular formula is C22H28ClNO3. The van der Waals surface area contributed by atoms with Crippen LogP contribution in [0, 0.1) is 5.92 Å². The number of hydrogen-bond donors (Lipinski definition) is 1. The van der Waals surface area contributed by atoms with Crippen LogP contribution in [0.25, 0.3) is 0 Å². The Kier molecular flexibility index (Phi) is 7.28. The van der Waals surface area contributed by atoms with Gasteiger partial charge in [0.15, 0.2) is 0 Å². The second-order valence-electron chi connectivity index (χ2n) is 7.21. The number of aliphatic carboxylic acids is 1. The monoisotopic (exact) mass is 389 g/mol. The Morgan fingerprint density at radius 1 is 1.26 bits per heavy atom. The van der Waals surface area contributed by atoms with Gasteiger partial charge in [0.1, 0.15) is 11.8 Å². The Hall–Kier alpha value is -2.04. The number of nitrogens with zero attached hydrogens (tertiary/aromatic N) is 1. The zero-order chi connectivity index (χ0) is 18.7. The number of hydrogen-bond acceptors (Lipinski definition) is 3. The third kappa shape index (κ3) is 4.63. The first-order chi connectivity index (χ1) is 12.5. The van der Waals surface area contributed by atoms with Crippen LogP contribution in [0.5, 0.6) is 5.75 Å². The van der Waals surface area contributed by atoms with Gasteiger partial charge in [-0.3, -0.25) is 9.69 Å². The molecule has 3 rings (SSSR count). The average molecular weight is 390 g/mol. The summed E-state index contributed by atoms with van der Waals surface area (Å²) < 4.78 is 5.40. The van der Waals surface area contributed by atoms with E-state index in [1.807, 2.05) is 24.1 Å². The number of carboxylic acid groups (broad SMARTS) is 1. The van der Waals surface area contributed by atoms with Crippen molar-refractivity contribution in [1.82, 2.24) is 4.90 Å². The molecule has 0 fully saturated rings. The van der Waals surface area contributed by atoms with Crippen molar-refractivity contribution in [3.05, 3.63) is 65.2 Å². The minimum atomic E-state index is -0.773. The van der Waals surface area contributed by atoms with Crippen molar-refractivity contribution < 1.29 is 14.6 Å². The van der Waals surface area contributed by atoms with Gasteiger partial charge in [0.05, 0.1) is 7.11 Å². The second kappa shape index (κ2) is 9.25. The quantitative estimate of drug-likeness (QED) is 0.803. The molecule has 1 aliphatic carbocycles. The van der Waals surface area contributed by atoms with Gasteiger partial charge in [-0.25, -0.2) is 0 Å². The molecule has 0 heterocycles. The minimum absolute atomic E-state index is 0. The maximum absolute atomic E-state index is 11.3. The van der Waals surface area contributed by atoms with E-state index in [-0.39, 0.29) is 18.3 Å². The molecule has 0 saturated carbocycles. The molecule has 4 nitrogen and oxygen atoms in total. The van der Waals surface area contributed by atoms with E-state index in [0.29, 0.717) is 5.92 Å². The Morgan fingerprint density at radius 3 is 2.59 bits per heavy atom. The highest BCUT2D eigenvalue weighted by atomic mass is 35.5. The van der Waals surface area contributed by atoms with E-state index in [4.69, 9.17) is 4.74 Å². The SMILES string of the molecule is COc1ccc2c(c1)CCC(CN(C)C(C)C(=O)O)C2c1ccccc1.Cl. The highest BCUT2D eigenvalue weighted by molar-refractivity contribution is 5.85. The molecule has 1 aliphatic rings. The number of likely N-dealkylation sites (N-methyl/N-ethyl adjacent to an activating group) is 1. The lowest BCUT2D eigenvalue weighted by Crippen LogP contribution is -2.41. The van der Waals surface area contributed by atoms with Gasteiger partial charge in [-0.2, -0.15) is 0 Å². The van der Waals surface area contributed by atoms with Crippen molar-refractivity contribution in [2.45, 2.75) is 31.7 Å². The predicted octanol–water partition coefficient (Wildman–Crippen LogP) is 4.22. The number of ether oxygens (including phenoxy) is 1. The Labute approximate surface area is 167 Å². The summed E-state index contributed by atoms with van der Waals surface area (Å²) >= 11 is 0. The Balaban J connectivity index is 0.00000261. The van der Waals surface area contributed by atoms with Gasteiger partial charge in [0.25, 0.3) is 0 Å². The first-order valence-corrected chi connectivity index (χ1v) is 9.16. The van der Waals surface area contributed by atoms with E-state index in [1.54, 1.807) is 14.0 Å². The molecule has 146 valence electrons. The third-order valence-corrected chi connectivity index (χ3v) is 5.64. The van der Waals surface area contributed by atoms with Gasteiger partial charge in [0.2, 0.25) is 0 Å². The highest BCUT2D eigenvalue weighted by Gasteiger charge is 2.33. The van der Waals surface area contributed by atoms with E-state index in [1.165, 1.54) is 16.7 Å². The fraction of sp³-hybridized carbons (Fsp3) is 0.409. The number of carboxylic acids is 1. The van der Waals surface area contributed by atoms with Crippen LogP contribution >= 0.6 is 12.4 Å². The molecule has 0 radical (unpaired) electrons. The van der Waals surface area contributed by atoms with Crippen LogP contribution in [0.4, 0.5) is 0 Å². The molecule has 0 bridgehead atoms. The zero-order valence-electron chi connectivity index (χ0n) is 16.1. The molecule has 0 spiro atoms. The molecule has 5 heteroatoms. The summed E-state index contributed by atoms with van der Waals surface area (Å²) in [4.78, 5) is 13.3. The summed E-state index contributed by atoms with van der Waals surface area (Å²) in [5, 5.41) is 9.32. The molecular weight excluding hydrogens is 362 g/mol. The van der Waals surface area contributed by atoms with E-state index >= 15 is 0 Å². The molecule has 0 aromatic heterocycles. The summed E-state index contributed by atoms with van der Waals surface area (Å²) in [7, 11) is 3.61. The predicted molar refractivity (Wildman–Crippen MR) is 110 cm³/mol. The molecule has 0 aliphatic heterocycles. The van der Waals surface area contributed by atoms with Gasteiger partial charge in [-0.1, -0.05) is 36.4 Å². The van der Waals surface area contributed by atoms with Gasteiger partial charge >= 0.3 is 5.97 Å². The molecule has 1 N–H and O–H groups in total. The number of rotatable bonds is 6. The van der Waals surface area contributed by atoms with Gasteiger partial charge < -0.3 is 9.84 Å². The van der Waals surface area contributed by atoms with Crippen molar-refractivity contribution in [2.75, 3.05) is 20.7 Å². The van der Waals surface area contributed by atoms with Crippen molar-refractivity contribution in [3.63, 3.8) is 0 Å². The molecule has 27 heavy (non-hydrogen) atoms. The van der Waals surface area contributed by atoms with E-state index < -0.39 is 12.0 Å². The number of benzene rings is 2. The van der Waals surface area contributed by atoms with Crippen LogP contribution in [-0.2, 0) is 11.2 Å². The van der Waals surface area contributed by atoms with Crippen LogP contribution in [0.15, 0.2) is 48.5 Å². The smallest absolute Gasteiger partial charge is 0.320 e. The lowest BCUT2D eigenvalue weighted by Gasteiger charge is -2.37. The summed E-state index contributed by atoms with van der Waals surface area (Å²) in [6.45, 7) is 2.51. The molecule has 3 atom stereocenters. The van der Waals surface area contributed by atoms with Crippen LogP contribution in [0.3, 0.4) is 0 Å². The highest BCUT2D eigenvalue weighted by Crippen LogP contribution is 2.42. The lowest BCUT2D eigenvalue weighted by molar-refractivity contribution is -0.142. The molecule has 2 aromatic carbocycles. The van der Waals surface area contributed by atoms with Crippen molar-refractivity contribution in [3.8, 4) is 5.75 Å². The minimum Gasteiger partial charge on any atom is -0.497 e. The van der Waals surface area contributed by atoms with Crippen LogP contribution in [0.1, 0.15) is 36.0 Å². The topological polar surface area (TPSA) is 49.8 Å². The number of halogens is 1. The fourth-order valence-corrected chi connectivity index (χ4v) is 4.02. The molecule has 0 saturated heterocycles. The normalized spacial score (nSPS) is 19.7. The van der Waals surface area contributed by atoms with Gasteiger partial charge in [-0.05, 0) is 61.6 Å². The van der Waals surface area contributed by atoms with Crippen molar-refractivity contribution in [1.29, 1.82) is 0 Å². The Bertz CT molecular complexity index is 765. The maximum atomic E-state index is 11.3. The first-order valence-electron chi connectivity index (χ1n) is 9.16. The summed E-state index contributed by atoms with van der Waals surface area (Å²) in [6.07, 6.45) is 2.03. The van der Waals surface area contributed by atoms with Crippen molar-refractivity contribution in [2.24, 2.45) is 5.92 Å². The van der Waals surface area contributed by atoms with Crippen molar-refractivity contribution >= 4 is 18.4 Å². The second-order valence-corrected chi connectivity index (χ2v) is 7.21. The fourth-order valence-electron chi connectivity index (χ4n) is 4.02. The summed E-state index contributed by atoms with van der Waals surface area (Å²) in [6, 6.07) is 16.4. The van der Waals surface area contributed by atoms with Crippen LogP contribution in [0.2, 0.25) is 0 Å². The van der Waals surface area contributed by atoms with E-state index in [0.717, 1.165) is 25.1 Å².